The van der Waals surface area contributed by atoms with Crippen molar-refractivity contribution in [1.82, 2.24) is 5.32 Å². The van der Waals surface area contributed by atoms with Crippen LogP contribution in [0.15, 0.2) is 18.2 Å². The maximum atomic E-state index is 13.0. The highest BCUT2D eigenvalue weighted by atomic mass is 19.1. The first-order valence-corrected chi connectivity index (χ1v) is 4.53. The molecule has 0 aliphatic rings. The molecule has 0 aromatic heterocycles. The molecule has 1 aromatic rings. The third-order valence-corrected chi connectivity index (χ3v) is 2.15. The Morgan fingerprint density at radius 3 is 2.57 bits per heavy atom. The first-order valence-electron chi connectivity index (χ1n) is 4.53. The number of ketones is 1. The van der Waals surface area contributed by atoms with Crippen molar-refractivity contribution in [2.45, 2.75) is 19.9 Å². The minimum Gasteiger partial charge on any atom is -0.310 e. The number of nitrogens with one attached hydrogen (secondary N) is 1. The van der Waals surface area contributed by atoms with E-state index in [0.29, 0.717) is 5.56 Å². The van der Waals surface area contributed by atoms with Gasteiger partial charge in [-0.2, -0.15) is 0 Å². The van der Waals surface area contributed by atoms with E-state index in [-0.39, 0.29) is 17.6 Å². The van der Waals surface area contributed by atoms with Crippen LogP contribution in [0.25, 0.3) is 0 Å². The number of halogens is 1. The van der Waals surface area contributed by atoms with E-state index in [9.17, 15) is 9.18 Å². The Kier molecular flexibility index (Phi) is 3.36. The van der Waals surface area contributed by atoms with Crippen LogP contribution in [-0.2, 0) is 0 Å². The van der Waals surface area contributed by atoms with Gasteiger partial charge in [0.15, 0.2) is 5.78 Å². The van der Waals surface area contributed by atoms with Crippen molar-refractivity contribution in [1.29, 1.82) is 0 Å². The molecule has 3 heteroatoms. The van der Waals surface area contributed by atoms with Gasteiger partial charge in [0.25, 0.3) is 0 Å². The van der Waals surface area contributed by atoms with Crippen molar-refractivity contribution < 1.29 is 9.18 Å². The molecule has 0 heterocycles. The monoisotopic (exact) mass is 195 g/mol. The first kappa shape index (κ1) is 10.9. The Hall–Kier alpha value is -1.22. The van der Waals surface area contributed by atoms with Gasteiger partial charge in [-0.3, -0.25) is 4.79 Å². The van der Waals surface area contributed by atoms with E-state index in [1.165, 1.54) is 12.1 Å². The SMILES string of the molecule is CNC(C)C(=O)c1cc(C)cc(F)c1. The van der Waals surface area contributed by atoms with Crippen LogP contribution in [0.2, 0.25) is 0 Å². The predicted molar refractivity (Wildman–Crippen MR) is 54.0 cm³/mol. The third-order valence-electron chi connectivity index (χ3n) is 2.15. The molecule has 1 atom stereocenters. The lowest BCUT2D eigenvalue weighted by molar-refractivity contribution is 0.0954. The van der Waals surface area contributed by atoms with Gasteiger partial charge in [-0.05, 0) is 44.7 Å². The normalized spacial score (nSPS) is 12.6. The Balaban J connectivity index is 3.01. The van der Waals surface area contributed by atoms with Crippen LogP contribution in [-0.4, -0.2) is 18.9 Å². The molecular formula is C11H14FNO. The van der Waals surface area contributed by atoms with Crippen molar-refractivity contribution >= 4 is 5.78 Å². The van der Waals surface area contributed by atoms with E-state index in [4.69, 9.17) is 0 Å². The lowest BCUT2D eigenvalue weighted by Gasteiger charge is -2.09. The van der Waals surface area contributed by atoms with Crippen LogP contribution in [0, 0.1) is 12.7 Å². The molecule has 0 bridgehead atoms. The Labute approximate surface area is 83.1 Å². The Morgan fingerprint density at radius 1 is 1.43 bits per heavy atom. The Morgan fingerprint density at radius 2 is 2.07 bits per heavy atom. The average molecular weight is 195 g/mol. The number of rotatable bonds is 3. The molecule has 1 rings (SSSR count). The van der Waals surface area contributed by atoms with Crippen LogP contribution < -0.4 is 5.32 Å². The zero-order chi connectivity index (χ0) is 10.7. The minimum atomic E-state index is -0.364. The summed E-state index contributed by atoms with van der Waals surface area (Å²) in [6, 6.07) is 4.08. The summed E-state index contributed by atoms with van der Waals surface area (Å²) in [5.74, 6) is -0.452. The highest BCUT2D eigenvalue weighted by Gasteiger charge is 2.13. The van der Waals surface area contributed by atoms with E-state index in [2.05, 4.69) is 5.32 Å². The van der Waals surface area contributed by atoms with Gasteiger partial charge in [-0.1, -0.05) is 0 Å². The van der Waals surface area contributed by atoms with Gasteiger partial charge in [-0.15, -0.1) is 0 Å². The molecule has 0 amide bonds. The van der Waals surface area contributed by atoms with Crippen molar-refractivity contribution in [3.05, 3.63) is 35.1 Å². The largest absolute Gasteiger partial charge is 0.310 e. The summed E-state index contributed by atoms with van der Waals surface area (Å²) in [6.07, 6.45) is 0. The molecule has 0 aliphatic heterocycles. The second-order valence-corrected chi connectivity index (χ2v) is 3.39. The highest BCUT2D eigenvalue weighted by molar-refractivity contribution is 5.99. The van der Waals surface area contributed by atoms with Crippen LogP contribution in [0.5, 0.6) is 0 Å². The number of carbonyl (C=O) groups is 1. The van der Waals surface area contributed by atoms with Crippen LogP contribution >= 0.6 is 0 Å². The highest BCUT2D eigenvalue weighted by Crippen LogP contribution is 2.10. The van der Waals surface area contributed by atoms with Crippen molar-refractivity contribution in [3.8, 4) is 0 Å². The lowest BCUT2D eigenvalue weighted by atomic mass is 10.0. The molecule has 0 fully saturated rings. The zero-order valence-electron chi connectivity index (χ0n) is 8.60. The maximum Gasteiger partial charge on any atom is 0.179 e. The fraction of sp³-hybridized carbons (Fsp3) is 0.364. The molecular weight excluding hydrogens is 181 g/mol. The van der Waals surface area contributed by atoms with Crippen molar-refractivity contribution in [2.24, 2.45) is 0 Å². The molecule has 1 N–H and O–H groups in total. The number of hydrogen-bond acceptors (Lipinski definition) is 2. The van der Waals surface area contributed by atoms with Gasteiger partial charge in [0.05, 0.1) is 6.04 Å². The van der Waals surface area contributed by atoms with E-state index in [1.54, 1.807) is 27.0 Å². The number of hydrogen-bond donors (Lipinski definition) is 1. The number of carbonyl (C=O) groups excluding carboxylic acids is 1. The van der Waals surface area contributed by atoms with E-state index >= 15 is 0 Å². The molecule has 0 radical (unpaired) electrons. The molecule has 2 nitrogen and oxygen atoms in total. The van der Waals surface area contributed by atoms with Crippen molar-refractivity contribution in [3.63, 3.8) is 0 Å². The minimum absolute atomic E-state index is 0.0879. The standard InChI is InChI=1S/C11H14FNO/c1-7-4-9(6-10(12)5-7)11(14)8(2)13-3/h4-6,8,13H,1-3H3. The Bertz CT molecular complexity index is 329. The van der Waals surface area contributed by atoms with Crippen LogP contribution in [0.3, 0.4) is 0 Å². The summed E-state index contributed by atoms with van der Waals surface area (Å²) in [5, 5.41) is 2.83. The van der Waals surface area contributed by atoms with Crippen molar-refractivity contribution in [2.75, 3.05) is 7.05 Å². The second-order valence-electron chi connectivity index (χ2n) is 3.39. The van der Waals surface area contributed by atoms with Gasteiger partial charge in [-0.25, -0.2) is 4.39 Å². The zero-order valence-corrected chi connectivity index (χ0v) is 8.60. The third kappa shape index (κ3) is 2.39. The fourth-order valence-corrected chi connectivity index (χ4v) is 1.26. The average Bonchev–Trinajstić information content (AvgIpc) is 2.14. The van der Waals surface area contributed by atoms with E-state index < -0.39 is 0 Å². The number of aryl methyl sites for hydroxylation is 1. The number of Topliss-reactive ketones (excluding diaryl/α,β-unsaturated/α-hetero) is 1. The number of likely N-dealkylation sites (N-methyl/N-ethyl adjacent to an activating group) is 1. The molecule has 0 saturated carbocycles. The summed E-state index contributed by atoms with van der Waals surface area (Å²) in [5.41, 5.74) is 1.18. The van der Waals surface area contributed by atoms with E-state index in [1.807, 2.05) is 0 Å². The summed E-state index contributed by atoms with van der Waals surface area (Å²) in [6.45, 7) is 3.52. The summed E-state index contributed by atoms with van der Waals surface area (Å²) >= 11 is 0. The first-order chi connectivity index (χ1) is 6.54. The maximum absolute atomic E-state index is 13.0. The molecule has 0 saturated heterocycles. The smallest absolute Gasteiger partial charge is 0.179 e. The molecule has 76 valence electrons. The van der Waals surface area contributed by atoms with Gasteiger partial charge in [0.2, 0.25) is 0 Å². The van der Waals surface area contributed by atoms with Gasteiger partial charge < -0.3 is 5.32 Å². The summed E-state index contributed by atoms with van der Waals surface area (Å²) in [7, 11) is 1.70. The number of benzene rings is 1. The second kappa shape index (κ2) is 4.33. The van der Waals surface area contributed by atoms with Crippen LogP contribution in [0.1, 0.15) is 22.8 Å². The van der Waals surface area contributed by atoms with Crippen LogP contribution in [0.4, 0.5) is 4.39 Å². The van der Waals surface area contributed by atoms with Gasteiger partial charge >= 0.3 is 0 Å². The van der Waals surface area contributed by atoms with E-state index in [0.717, 1.165) is 5.56 Å². The quantitative estimate of drug-likeness (QED) is 0.746. The van der Waals surface area contributed by atoms with Gasteiger partial charge in [0, 0.05) is 5.56 Å². The molecule has 1 unspecified atom stereocenters. The topological polar surface area (TPSA) is 29.1 Å². The van der Waals surface area contributed by atoms with Gasteiger partial charge in [0.1, 0.15) is 5.82 Å². The predicted octanol–water partition coefficient (Wildman–Crippen LogP) is 1.92. The molecule has 1 aromatic carbocycles. The molecule has 0 spiro atoms. The molecule has 14 heavy (non-hydrogen) atoms. The summed E-state index contributed by atoms with van der Waals surface area (Å²) < 4.78 is 13.0. The summed E-state index contributed by atoms with van der Waals surface area (Å²) in [4.78, 5) is 11.7. The lowest BCUT2D eigenvalue weighted by Crippen LogP contribution is -2.30. The molecule has 0 aliphatic carbocycles. The fourth-order valence-electron chi connectivity index (χ4n) is 1.26.